The van der Waals surface area contributed by atoms with Gasteiger partial charge in [0.1, 0.15) is 28.6 Å². The lowest BCUT2D eigenvalue weighted by molar-refractivity contribution is 0.269. The number of hydrogen-bond donors (Lipinski definition) is 0. The molecule has 0 amide bonds. The fourth-order valence-corrected chi connectivity index (χ4v) is 4.81. The fourth-order valence-electron chi connectivity index (χ4n) is 3.18. The summed E-state index contributed by atoms with van der Waals surface area (Å²) in [5.41, 5.74) is 0. The van der Waals surface area contributed by atoms with Gasteiger partial charge >= 0.3 is 0 Å². The highest BCUT2D eigenvalue weighted by Crippen LogP contribution is 2.31. The molecule has 1 saturated heterocycles. The molecule has 1 fully saturated rings. The Morgan fingerprint density at radius 1 is 1.32 bits per heavy atom. The third-order valence-electron chi connectivity index (χ3n) is 4.52. The van der Waals surface area contributed by atoms with Crippen molar-refractivity contribution in [3.63, 3.8) is 0 Å². The number of aryl methyl sites for hydroxylation is 1. The third-order valence-corrected chi connectivity index (χ3v) is 6.44. The summed E-state index contributed by atoms with van der Waals surface area (Å²) in [5, 5.41) is 8.02. The Kier molecular flexibility index (Phi) is 5.05. The number of benzene rings is 1. The minimum absolute atomic E-state index is 0.132. The van der Waals surface area contributed by atoms with Crippen molar-refractivity contribution < 1.29 is 17.5 Å². The van der Waals surface area contributed by atoms with E-state index in [2.05, 4.69) is 10.2 Å². The van der Waals surface area contributed by atoms with Crippen LogP contribution >= 0.6 is 0 Å². The molecule has 7 nitrogen and oxygen atoms in total. The lowest BCUT2D eigenvalue weighted by atomic mass is 10.1. The van der Waals surface area contributed by atoms with Gasteiger partial charge in [-0.2, -0.15) is 4.31 Å². The van der Waals surface area contributed by atoms with Gasteiger partial charge in [-0.25, -0.2) is 12.8 Å². The second kappa shape index (κ2) is 7.09. The average molecular weight is 368 g/mol. The van der Waals surface area contributed by atoms with E-state index in [1.165, 1.54) is 23.5 Å². The topological polar surface area (TPSA) is 77.3 Å². The molecular formula is C16H21FN4O3S. The zero-order valence-electron chi connectivity index (χ0n) is 14.2. The van der Waals surface area contributed by atoms with E-state index in [9.17, 15) is 12.8 Å². The number of hydrogen-bond acceptors (Lipinski definition) is 5. The van der Waals surface area contributed by atoms with E-state index in [-0.39, 0.29) is 16.7 Å². The molecule has 1 aliphatic heterocycles. The SMILES string of the molecule is CCc1nncn1C1CCN(S(=O)(=O)c2cc(F)ccc2OC)CC1. The van der Waals surface area contributed by atoms with E-state index < -0.39 is 15.8 Å². The largest absolute Gasteiger partial charge is 0.495 e. The van der Waals surface area contributed by atoms with Gasteiger partial charge in [-0.1, -0.05) is 6.92 Å². The highest BCUT2D eigenvalue weighted by Gasteiger charge is 2.32. The Morgan fingerprint density at radius 2 is 2.04 bits per heavy atom. The molecule has 0 N–H and O–H groups in total. The van der Waals surface area contributed by atoms with E-state index >= 15 is 0 Å². The highest BCUT2D eigenvalue weighted by atomic mass is 32.2. The third kappa shape index (κ3) is 3.38. The quantitative estimate of drug-likeness (QED) is 0.807. The lowest BCUT2D eigenvalue weighted by Gasteiger charge is -2.32. The molecule has 0 spiro atoms. The number of ether oxygens (including phenoxy) is 1. The number of rotatable bonds is 5. The van der Waals surface area contributed by atoms with Crippen molar-refractivity contribution in [3.8, 4) is 5.75 Å². The molecule has 0 radical (unpaired) electrons. The molecule has 1 aliphatic rings. The summed E-state index contributed by atoms with van der Waals surface area (Å²) in [6.07, 6.45) is 3.78. The van der Waals surface area contributed by atoms with Crippen molar-refractivity contribution in [3.05, 3.63) is 36.2 Å². The first-order chi connectivity index (χ1) is 12.0. The lowest BCUT2D eigenvalue weighted by Crippen LogP contribution is -2.39. The maximum absolute atomic E-state index is 13.6. The summed E-state index contributed by atoms with van der Waals surface area (Å²) in [7, 11) is -2.44. The highest BCUT2D eigenvalue weighted by molar-refractivity contribution is 7.89. The van der Waals surface area contributed by atoms with E-state index in [0.29, 0.717) is 25.9 Å². The Morgan fingerprint density at radius 3 is 2.68 bits per heavy atom. The number of aromatic nitrogens is 3. The minimum Gasteiger partial charge on any atom is -0.495 e. The molecule has 136 valence electrons. The zero-order chi connectivity index (χ0) is 18.0. The van der Waals surface area contributed by atoms with Crippen molar-refractivity contribution >= 4 is 10.0 Å². The first-order valence-corrected chi connectivity index (χ1v) is 9.63. The van der Waals surface area contributed by atoms with Crippen LogP contribution in [0.4, 0.5) is 4.39 Å². The van der Waals surface area contributed by atoms with Gasteiger partial charge in [-0.3, -0.25) is 0 Å². The molecule has 1 aromatic heterocycles. The molecule has 3 rings (SSSR count). The molecule has 0 unspecified atom stereocenters. The minimum atomic E-state index is -3.81. The first kappa shape index (κ1) is 17.8. The van der Waals surface area contributed by atoms with Crippen LogP contribution in [0.5, 0.6) is 5.75 Å². The fraction of sp³-hybridized carbons (Fsp3) is 0.500. The van der Waals surface area contributed by atoms with Crippen molar-refractivity contribution in [1.29, 1.82) is 0 Å². The first-order valence-electron chi connectivity index (χ1n) is 8.19. The number of piperidine rings is 1. The maximum atomic E-state index is 13.6. The summed E-state index contributed by atoms with van der Waals surface area (Å²) in [6.45, 7) is 2.72. The van der Waals surface area contributed by atoms with Crippen LogP contribution in [0.2, 0.25) is 0 Å². The summed E-state index contributed by atoms with van der Waals surface area (Å²) < 4.78 is 47.8. The molecular weight excluding hydrogens is 347 g/mol. The van der Waals surface area contributed by atoms with Crippen LogP contribution in [0.3, 0.4) is 0 Å². The second-order valence-electron chi connectivity index (χ2n) is 5.94. The molecule has 0 atom stereocenters. The normalized spacial score (nSPS) is 16.9. The molecule has 2 heterocycles. The second-order valence-corrected chi connectivity index (χ2v) is 7.84. The molecule has 0 aliphatic carbocycles. The van der Waals surface area contributed by atoms with Crippen molar-refractivity contribution in [2.24, 2.45) is 0 Å². The van der Waals surface area contributed by atoms with Gasteiger partial charge in [-0.15, -0.1) is 10.2 Å². The van der Waals surface area contributed by atoms with E-state index in [1.54, 1.807) is 6.33 Å². The molecule has 2 aromatic rings. The van der Waals surface area contributed by atoms with Crippen molar-refractivity contribution in [2.45, 2.75) is 37.1 Å². The Hall–Kier alpha value is -2.00. The van der Waals surface area contributed by atoms with Gasteiger partial charge in [0.25, 0.3) is 0 Å². The summed E-state index contributed by atoms with van der Waals surface area (Å²) in [4.78, 5) is -0.132. The summed E-state index contributed by atoms with van der Waals surface area (Å²) in [5.74, 6) is 0.440. The van der Waals surface area contributed by atoms with Crippen molar-refractivity contribution in [1.82, 2.24) is 19.1 Å². The Balaban J connectivity index is 1.79. The average Bonchev–Trinajstić information content (AvgIpc) is 3.10. The Bertz CT molecular complexity index is 845. The summed E-state index contributed by atoms with van der Waals surface area (Å²) in [6, 6.07) is 3.70. The van der Waals surface area contributed by atoms with Gasteiger partial charge < -0.3 is 9.30 Å². The smallest absolute Gasteiger partial charge is 0.246 e. The molecule has 25 heavy (non-hydrogen) atoms. The number of halogens is 1. The maximum Gasteiger partial charge on any atom is 0.246 e. The van der Waals surface area contributed by atoms with Crippen LogP contribution < -0.4 is 4.74 Å². The standard InChI is InChI=1S/C16H21FN4O3S/c1-3-16-19-18-11-21(16)13-6-8-20(9-7-13)25(22,23)15-10-12(17)4-5-14(15)24-2/h4-5,10-11,13H,3,6-9H2,1-2H3. The zero-order valence-corrected chi connectivity index (χ0v) is 15.0. The molecule has 9 heteroatoms. The van der Waals surface area contributed by atoms with Crippen LogP contribution in [0.1, 0.15) is 31.6 Å². The van der Waals surface area contributed by atoms with Crippen LogP contribution in [-0.4, -0.2) is 47.7 Å². The molecule has 0 saturated carbocycles. The number of methoxy groups -OCH3 is 1. The van der Waals surface area contributed by atoms with Crippen molar-refractivity contribution in [2.75, 3.05) is 20.2 Å². The van der Waals surface area contributed by atoms with Gasteiger partial charge in [-0.05, 0) is 31.0 Å². The van der Waals surface area contributed by atoms with Gasteiger partial charge in [0.2, 0.25) is 10.0 Å². The van der Waals surface area contributed by atoms with E-state index in [1.807, 2.05) is 11.5 Å². The summed E-state index contributed by atoms with van der Waals surface area (Å²) >= 11 is 0. The number of nitrogens with zero attached hydrogens (tertiary/aromatic N) is 4. The van der Waals surface area contributed by atoms with E-state index in [4.69, 9.17) is 4.74 Å². The predicted octanol–water partition coefficient (Wildman–Crippen LogP) is 2.01. The van der Waals surface area contributed by atoms with Crippen LogP contribution in [-0.2, 0) is 16.4 Å². The number of sulfonamides is 1. The molecule has 1 aromatic carbocycles. The Labute approximate surface area is 146 Å². The van der Waals surface area contributed by atoms with Gasteiger partial charge in [0.05, 0.1) is 7.11 Å². The van der Waals surface area contributed by atoms with Crippen LogP contribution in [0.25, 0.3) is 0 Å². The van der Waals surface area contributed by atoms with E-state index in [0.717, 1.165) is 18.3 Å². The van der Waals surface area contributed by atoms with Crippen LogP contribution in [0.15, 0.2) is 29.4 Å². The molecule has 0 bridgehead atoms. The van der Waals surface area contributed by atoms with Gasteiger partial charge in [0, 0.05) is 25.6 Å². The van der Waals surface area contributed by atoms with Crippen LogP contribution in [0, 0.1) is 5.82 Å². The monoisotopic (exact) mass is 368 g/mol. The van der Waals surface area contributed by atoms with Gasteiger partial charge in [0.15, 0.2) is 0 Å². The predicted molar refractivity (Wildman–Crippen MR) is 89.4 cm³/mol.